The number of rotatable bonds is 7. The normalized spacial score (nSPS) is 10.4. The number of aryl methyl sites for hydroxylation is 3. The molecule has 0 fully saturated rings. The van der Waals surface area contributed by atoms with Crippen molar-refractivity contribution in [2.45, 2.75) is 26.7 Å². The summed E-state index contributed by atoms with van der Waals surface area (Å²) in [5, 5.41) is 3.44. The fraction of sp³-hybridized carbons (Fsp3) is 0.316. The van der Waals surface area contributed by atoms with Gasteiger partial charge in [0, 0.05) is 6.42 Å². The predicted molar refractivity (Wildman–Crippen MR) is 94.2 cm³/mol. The molecule has 0 heterocycles. The Morgan fingerprint density at radius 2 is 1.91 bits per heavy atom. The standard InChI is InChI=1S/C19H22ClNO2/c1-14-7-8-16(13-15(14)2)9-10-19(22)21-11-12-23-18-6-4-3-5-17(18)20/h3-8,13H,9-12H2,1-2H3,(H,21,22). The minimum atomic E-state index is 0.0333. The molecule has 0 saturated carbocycles. The summed E-state index contributed by atoms with van der Waals surface area (Å²) in [4.78, 5) is 11.9. The summed E-state index contributed by atoms with van der Waals surface area (Å²) in [5.74, 6) is 0.671. The van der Waals surface area contributed by atoms with Crippen LogP contribution < -0.4 is 10.1 Å². The maximum Gasteiger partial charge on any atom is 0.220 e. The SMILES string of the molecule is Cc1ccc(CCC(=O)NCCOc2ccccc2Cl)cc1C. The third kappa shape index (κ3) is 5.61. The van der Waals surface area contributed by atoms with Crippen molar-refractivity contribution < 1.29 is 9.53 Å². The van der Waals surface area contributed by atoms with Gasteiger partial charge in [-0.15, -0.1) is 0 Å². The van der Waals surface area contributed by atoms with Crippen LogP contribution in [0.2, 0.25) is 5.02 Å². The second-order valence-electron chi connectivity index (χ2n) is 5.55. The molecule has 0 aliphatic rings. The number of ether oxygens (including phenoxy) is 1. The Morgan fingerprint density at radius 3 is 2.65 bits per heavy atom. The second kappa shape index (κ2) is 8.59. The highest BCUT2D eigenvalue weighted by molar-refractivity contribution is 6.32. The van der Waals surface area contributed by atoms with E-state index in [1.807, 2.05) is 18.2 Å². The Bertz CT molecular complexity index is 670. The average molecular weight is 332 g/mol. The second-order valence-corrected chi connectivity index (χ2v) is 5.95. The third-order valence-electron chi connectivity index (χ3n) is 3.73. The number of para-hydroxylation sites is 1. The van der Waals surface area contributed by atoms with E-state index in [2.05, 4.69) is 37.4 Å². The lowest BCUT2D eigenvalue weighted by Crippen LogP contribution is -2.28. The van der Waals surface area contributed by atoms with E-state index in [9.17, 15) is 4.79 Å². The maximum atomic E-state index is 11.9. The number of nitrogens with one attached hydrogen (secondary N) is 1. The molecule has 0 unspecified atom stereocenters. The van der Waals surface area contributed by atoms with E-state index >= 15 is 0 Å². The molecule has 3 nitrogen and oxygen atoms in total. The van der Waals surface area contributed by atoms with E-state index in [-0.39, 0.29) is 5.91 Å². The van der Waals surface area contributed by atoms with E-state index in [1.165, 1.54) is 16.7 Å². The topological polar surface area (TPSA) is 38.3 Å². The minimum absolute atomic E-state index is 0.0333. The monoisotopic (exact) mass is 331 g/mol. The van der Waals surface area contributed by atoms with Crippen LogP contribution in [0.3, 0.4) is 0 Å². The molecule has 1 amide bonds. The van der Waals surface area contributed by atoms with Crippen molar-refractivity contribution in [2.75, 3.05) is 13.2 Å². The van der Waals surface area contributed by atoms with E-state index in [0.717, 1.165) is 6.42 Å². The van der Waals surface area contributed by atoms with Gasteiger partial charge in [-0.05, 0) is 49.1 Å². The molecule has 0 aliphatic carbocycles. The number of carbonyl (C=O) groups excluding carboxylic acids is 1. The lowest BCUT2D eigenvalue weighted by Gasteiger charge is -2.09. The van der Waals surface area contributed by atoms with E-state index < -0.39 is 0 Å². The molecule has 1 N–H and O–H groups in total. The molecule has 0 atom stereocenters. The number of halogens is 1. The largest absolute Gasteiger partial charge is 0.490 e. The number of amides is 1. The number of benzene rings is 2. The average Bonchev–Trinajstić information content (AvgIpc) is 2.54. The molecule has 0 aromatic heterocycles. The first-order valence-electron chi connectivity index (χ1n) is 7.76. The first-order chi connectivity index (χ1) is 11.1. The van der Waals surface area contributed by atoms with Crippen molar-refractivity contribution in [3.8, 4) is 5.75 Å². The van der Waals surface area contributed by atoms with Crippen LogP contribution in [-0.4, -0.2) is 19.1 Å². The fourth-order valence-electron chi connectivity index (χ4n) is 2.22. The molecule has 0 bridgehead atoms. The molecule has 2 rings (SSSR count). The number of hydrogen-bond donors (Lipinski definition) is 1. The van der Waals surface area contributed by atoms with Gasteiger partial charge in [-0.1, -0.05) is 41.9 Å². The predicted octanol–water partition coefficient (Wildman–Crippen LogP) is 4.08. The van der Waals surface area contributed by atoms with E-state index in [0.29, 0.717) is 30.3 Å². The Labute approximate surface area is 142 Å². The van der Waals surface area contributed by atoms with Gasteiger partial charge >= 0.3 is 0 Å². The van der Waals surface area contributed by atoms with Gasteiger partial charge in [-0.3, -0.25) is 4.79 Å². The molecule has 4 heteroatoms. The highest BCUT2D eigenvalue weighted by Crippen LogP contribution is 2.22. The smallest absolute Gasteiger partial charge is 0.220 e. The van der Waals surface area contributed by atoms with Crippen LogP contribution in [0.4, 0.5) is 0 Å². The van der Waals surface area contributed by atoms with Crippen LogP contribution in [0.15, 0.2) is 42.5 Å². The molecular weight excluding hydrogens is 310 g/mol. The van der Waals surface area contributed by atoms with Crippen molar-refractivity contribution >= 4 is 17.5 Å². The lowest BCUT2D eigenvalue weighted by atomic mass is 10.0. The first kappa shape index (κ1) is 17.4. The van der Waals surface area contributed by atoms with E-state index in [1.54, 1.807) is 6.07 Å². The summed E-state index contributed by atoms with van der Waals surface area (Å²) < 4.78 is 5.53. The van der Waals surface area contributed by atoms with Gasteiger partial charge in [-0.2, -0.15) is 0 Å². The third-order valence-corrected chi connectivity index (χ3v) is 4.04. The Balaban J connectivity index is 1.67. The summed E-state index contributed by atoms with van der Waals surface area (Å²) in [7, 11) is 0. The van der Waals surface area contributed by atoms with E-state index in [4.69, 9.17) is 16.3 Å². The fourth-order valence-corrected chi connectivity index (χ4v) is 2.41. The zero-order valence-corrected chi connectivity index (χ0v) is 14.3. The molecule has 0 spiro atoms. The minimum Gasteiger partial charge on any atom is -0.490 e. The molecule has 0 saturated heterocycles. The lowest BCUT2D eigenvalue weighted by molar-refractivity contribution is -0.121. The van der Waals surface area contributed by atoms with Gasteiger partial charge < -0.3 is 10.1 Å². The number of hydrogen-bond acceptors (Lipinski definition) is 2. The zero-order valence-electron chi connectivity index (χ0n) is 13.6. The molecule has 0 aliphatic heterocycles. The summed E-state index contributed by atoms with van der Waals surface area (Å²) >= 11 is 5.99. The van der Waals surface area contributed by atoms with Gasteiger partial charge in [0.2, 0.25) is 5.91 Å². The quantitative estimate of drug-likeness (QED) is 0.776. The van der Waals surface area contributed by atoms with Crippen molar-refractivity contribution in [3.63, 3.8) is 0 Å². The van der Waals surface area contributed by atoms with Crippen LogP contribution in [-0.2, 0) is 11.2 Å². The Morgan fingerprint density at radius 1 is 1.13 bits per heavy atom. The van der Waals surface area contributed by atoms with Crippen LogP contribution >= 0.6 is 11.6 Å². The molecular formula is C19H22ClNO2. The van der Waals surface area contributed by atoms with Crippen molar-refractivity contribution in [1.29, 1.82) is 0 Å². The van der Waals surface area contributed by atoms with Crippen LogP contribution in [0.1, 0.15) is 23.1 Å². The first-order valence-corrected chi connectivity index (χ1v) is 8.14. The molecule has 23 heavy (non-hydrogen) atoms. The van der Waals surface area contributed by atoms with Gasteiger partial charge in [0.05, 0.1) is 11.6 Å². The molecule has 0 radical (unpaired) electrons. The van der Waals surface area contributed by atoms with Gasteiger partial charge in [0.25, 0.3) is 0 Å². The van der Waals surface area contributed by atoms with Gasteiger partial charge in [0.1, 0.15) is 12.4 Å². The van der Waals surface area contributed by atoms with Crippen LogP contribution in [0, 0.1) is 13.8 Å². The van der Waals surface area contributed by atoms with Crippen molar-refractivity contribution in [2.24, 2.45) is 0 Å². The van der Waals surface area contributed by atoms with Gasteiger partial charge in [-0.25, -0.2) is 0 Å². The Hall–Kier alpha value is -2.00. The molecule has 122 valence electrons. The highest BCUT2D eigenvalue weighted by atomic mass is 35.5. The number of carbonyl (C=O) groups is 1. The molecule has 2 aromatic carbocycles. The van der Waals surface area contributed by atoms with Crippen molar-refractivity contribution in [3.05, 3.63) is 64.2 Å². The van der Waals surface area contributed by atoms with Crippen molar-refractivity contribution in [1.82, 2.24) is 5.32 Å². The summed E-state index contributed by atoms with van der Waals surface area (Å²) in [6, 6.07) is 13.6. The molecule has 2 aromatic rings. The summed E-state index contributed by atoms with van der Waals surface area (Å²) in [5.41, 5.74) is 3.72. The summed E-state index contributed by atoms with van der Waals surface area (Å²) in [6.07, 6.45) is 1.23. The zero-order chi connectivity index (χ0) is 16.7. The highest BCUT2D eigenvalue weighted by Gasteiger charge is 2.04. The summed E-state index contributed by atoms with van der Waals surface area (Å²) in [6.45, 7) is 5.05. The Kier molecular flexibility index (Phi) is 6.48. The van der Waals surface area contributed by atoms with Crippen LogP contribution in [0.25, 0.3) is 0 Å². The van der Waals surface area contributed by atoms with Crippen LogP contribution in [0.5, 0.6) is 5.75 Å². The maximum absolute atomic E-state index is 11.9. The van der Waals surface area contributed by atoms with Gasteiger partial charge in [0.15, 0.2) is 0 Å².